The highest BCUT2D eigenvalue weighted by atomic mass is 19.4. The molecule has 1 fully saturated rings. The number of carbonyl (C=O) groups is 1. The average Bonchev–Trinajstić information content (AvgIpc) is 2.66. The largest absolute Gasteiger partial charge is 0.416 e. The topological polar surface area (TPSA) is 42.4 Å². The van der Waals surface area contributed by atoms with Gasteiger partial charge in [0.1, 0.15) is 0 Å². The molecule has 0 saturated carbocycles. The zero-order chi connectivity index (χ0) is 18.6. The van der Waals surface area contributed by atoms with Crippen molar-refractivity contribution in [3.8, 4) is 0 Å². The third kappa shape index (κ3) is 4.60. The number of ether oxygens (including phenoxy) is 1. The molecule has 0 bridgehead atoms. The Labute approximate surface area is 149 Å². The monoisotopic (exact) mass is 364 g/mol. The predicted octanol–water partition coefficient (Wildman–Crippen LogP) is 3.92. The molecule has 3 rings (SSSR count). The summed E-state index contributed by atoms with van der Waals surface area (Å²) in [5.74, 6) is -0.248. The van der Waals surface area contributed by atoms with Crippen LogP contribution in [0.4, 0.5) is 13.2 Å². The smallest absolute Gasteiger partial charge is 0.372 e. The summed E-state index contributed by atoms with van der Waals surface area (Å²) in [7, 11) is 0. The molecule has 1 aromatic heterocycles. The summed E-state index contributed by atoms with van der Waals surface area (Å²) in [6, 6.07) is 9.98. The summed E-state index contributed by atoms with van der Waals surface area (Å²) in [5, 5.41) is 0. The molecule has 7 heteroatoms. The molecule has 4 nitrogen and oxygen atoms in total. The van der Waals surface area contributed by atoms with E-state index in [-0.39, 0.29) is 17.6 Å². The zero-order valence-corrected chi connectivity index (χ0v) is 14.1. The second kappa shape index (κ2) is 7.86. The Morgan fingerprint density at radius 3 is 2.38 bits per heavy atom. The van der Waals surface area contributed by atoms with E-state index >= 15 is 0 Å². The number of rotatable bonds is 4. The number of piperidine rings is 1. The number of amides is 1. The fourth-order valence-corrected chi connectivity index (χ4v) is 2.90. The van der Waals surface area contributed by atoms with E-state index in [0.717, 1.165) is 17.8 Å². The Morgan fingerprint density at radius 2 is 1.81 bits per heavy atom. The zero-order valence-electron chi connectivity index (χ0n) is 14.1. The molecule has 1 amide bonds. The Morgan fingerprint density at radius 1 is 1.12 bits per heavy atom. The van der Waals surface area contributed by atoms with Crippen LogP contribution in [-0.4, -0.2) is 35.0 Å². The molecule has 1 aromatic carbocycles. The Bertz CT molecular complexity index is 725. The second-order valence-corrected chi connectivity index (χ2v) is 6.20. The molecular weight excluding hydrogens is 345 g/mol. The van der Waals surface area contributed by atoms with Gasteiger partial charge in [0.25, 0.3) is 5.91 Å². The lowest BCUT2D eigenvalue weighted by molar-refractivity contribution is -0.137. The van der Waals surface area contributed by atoms with Gasteiger partial charge in [0, 0.05) is 24.8 Å². The first kappa shape index (κ1) is 18.4. The Balaban J connectivity index is 1.50. The van der Waals surface area contributed by atoms with Crippen molar-refractivity contribution in [2.75, 3.05) is 13.1 Å². The minimum absolute atomic E-state index is 0.0497. The maximum Gasteiger partial charge on any atom is 0.416 e. The van der Waals surface area contributed by atoms with Crippen molar-refractivity contribution in [2.45, 2.75) is 31.7 Å². The quantitative estimate of drug-likeness (QED) is 0.826. The number of benzene rings is 1. The fraction of sp³-hybridized carbons (Fsp3) is 0.368. The number of aromatic nitrogens is 1. The van der Waals surface area contributed by atoms with Gasteiger partial charge in [0.2, 0.25) is 0 Å². The number of carbonyl (C=O) groups excluding carboxylic acids is 1. The molecular formula is C19H19F3N2O2. The highest BCUT2D eigenvalue weighted by Crippen LogP contribution is 2.29. The number of hydrogen-bond donors (Lipinski definition) is 0. The Hall–Kier alpha value is -2.41. The summed E-state index contributed by atoms with van der Waals surface area (Å²) in [4.78, 5) is 18.3. The maximum atomic E-state index is 12.6. The van der Waals surface area contributed by atoms with Crippen molar-refractivity contribution in [2.24, 2.45) is 0 Å². The number of alkyl halides is 3. The molecule has 1 saturated heterocycles. The first-order chi connectivity index (χ1) is 12.4. The molecule has 138 valence electrons. The lowest BCUT2D eigenvalue weighted by Gasteiger charge is -2.32. The van der Waals surface area contributed by atoms with Crippen molar-refractivity contribution in [1.29, 1.82) is 0 Å². The molecule has 0 radical (unpaired) electrons. The third-order valence-electron chi connectivity index (χ3n) is 4.38. The van der Waals surface area contributed by atoms with Crippen LogP contribution < -0.4 is 0 Å². The van der Waals surface area contributed by atoms with Gasteiger partial charge < -0.3 is 9.64 Å². The molecule has 2 heterocycles. The maximum absolute atomic E-state index is 12.6. The van der Waals surface area contributed by atoms with E-state index < -0.39 is 11.7 Å². The molecule has 0 atom stereocenters. The van der Waals surface area contributed by atoms with Crippen LogP contribution in [0.1, 0.15) is 34.5 Å². The van der Waals surface area contributed by atoms with Crippen molar-refractivity contribution in [3.05, 3.63) is 65.5 Å². The first-order valence-corrected chi connectivity index (χ1v) is 8.41. The highest BCUT2D eigenvalue weighted by Gasteiger charge is 2.31. The van der Waals surface area contributed by atoms with Gasteiger partial charge in [-0.1, -0.05) is 6.07 Å². The number of halogens is 3. The standard InChI is InChI=1S/C19H19F3N2O2/c20-19(21,22)15-6-4-14(5-7-15)18(25)24-11-8-17(9-12-24)26-13-16-3-1-2-10-23-16/h1-7,10,17H,8-9,11-13H2. The lowest BCUT2D eigenvalue weighted by Crippen LogP contribution is -2.40. The van der Waals surface area contributed by atoms with E-state index in [4.69, 9.17) is 4.74 Å². The van der Waals surface area contributed by atoms with E-state index in [9.17, 15) is 18.0 Å². The van der Waals surface area contributed by atoms with Crippen molar-refractivity contribution >= 4 is 5.91 Å². The Kier molecular flexibility index (Phi) is 5.56. The van der Waals surface area contributed by atoms with Gasteiger partial charge in [0.05, 0.1) is 24.0 Å². The van der Waals surface area contributed by atoms with Gasteiger partial charge in [-0.3, -0.25) is 9.78 Å². The van der Waals surface area contributed by atoms with Crippen molar-refractivity contribution in [3.63, 3.8) is 0 Å². The highest BCUT2D eigenvalue weighted by molar-refractivity contribution is 5.94. The van der Waals surface area contributed by atoms with Crippen LogP contribution in [0.15, 0.2) is 48.7 Å². The molecule has 1 aliphatic rings. The van der Waals surface area contributed by atoms with Crippen LogP contribution in [0.2, 0.25) is 0 Å². The van der Waals surface area contributed by atoms with Gasteiger partial charge in [0.15, 0.2) is 0 Å². The average molecular weight is 364 g/mol. The van der Waals surface area contributed by atoms with Crippen LogP contribution in [0.25, 0.3) is 0 Å². The van der Waals surface area contributed by atoms with E-state index in [1.54, 1.807) is 11.1 Å². The number of likely N-dealkylation sites (tertiary alicyclic amines) is 1. The lowest BCUT2D eigenvalue weighted by atomic mass is 10.1. The van der Waals surface area contributed by atoms with Gasteiger partial charge in [-0.05, 0) is 49.2 Å². The van der Waals surface area contributed by atoms with Gasteiger partial charge in [-0.15, -0.1) is 0 Å². The van der Waals surface area contributed by atoms with Crippen LogP contribution in [-0.2, 0) is 17.5 Å². The minimum atomic E-state index is -4.40. The summed E-state index contributed by atoms with van der Waals surface area (Å²) in [6.45, 7) is 1.47. The molecule has 26 heavy (non-hydrogen) atoms. The van der Waals surface area contributed by atoms with Crippen molar-refractivity contribution < 1.29 is 22.7 Å². The van der Waals surface area contributed by atoms with E-state index in [2.05, 4.69) is 4.98 Å². The third-order valence-corrected chi connectivity index (χ3v) is 4.38. The second-order valence-electron chi connectivity index (χ2n) is 6.20. The van der Waals surface area contributed by atoms with Gasteiger partial charge >= 0.3 is 6.18 Å². The molecule has 0 N–H and O–H groups in total. The van der Waals surface area contributed by atoms with Crippen molar-refractivity contribution in [1.82, 2.24) is 9.88 Å². The van der Waals surface area contributed by atoms with Crippen LogP contribution in [0, 0.1) is 0 Å². The molecule has 0 aliphatic carbocycles. The molecule has 0 spiro atoms. The van der Waals surface area contributed by atoms with Gasteiger partial charge in [-0.25, -0.2) is 0 Å². The van der Waals surface area contributed by atoms with Gasteiger partial charge in [-0.2, -0.15) is 13.2 Å². The molecule has 1 aliphatic heterocycles. The summed E-state index contributed by atoms with van der Waals surface area (Å²) in [6.07, 6.45) is -1.25. The summed E-state index contributed by atoms with van der Waals surface area (Å²) < 4.78 is 43.6. The van der Waals surface area contributed by atoms with Crippen LogP contribution in [0.5, 0.6) is 0 Å². The SMILES string of the molecule is O=C(c1ccc(C(F)(F)F)cc1)N1CCC(OCc2ccccn2)CC1. The first-order valence-electron chi connectivity index (χ1n) is 8.41. The van der Waals surface area contributed by atoms with Crippen LogP contribution >= 0.6 is 0 Å². The van der Waals surface area contributed by atoms with Crippen LogP contribution in [0.3, 0.4) is 0 Å². The number of hydrogen-bond acceptors (Lipinski definition) is 3. The summed E-state index contributed by atoms with van der Waals surface area (Å²) >= 11 is 0. The minimum Gasteiger partial charge on any atom is -0.372 e. The van der Waals surface area contributed by atoms with E-state index in [0.29, 0.717) is 32.5 Å². The van der Waals surface area contributed by atoms with E-state index in [1.807, 2.05) is 18.2 Å². The number of pyridine rings is 1. The summed E-state index contributed by atoms with van der Waals surface area (Å²) in [5.41, 5.74) is 0.372. The normalized spacial score (nSPS) is 15.9. The predicted molar refractivity (Wildman–Crippen MR) is 89.4 cm³/mol. The van der Waals surface area contributed by atoms with E-state index in [1.165, 1.54) is 12.1 Å². The number of nitrogens with zero attached hydrogens (tertiary/aromatic N) is 2. The molecule has 2 aromatic rings. The fourth-order valence-electron chi connectivity index (χ4n) is 2.90. The molecule has 0 unspecified atom stereocenters.